The van der Waals surface area contributed by atoms with Gasteiger partial charge in [0, 0.05) is 17.2 Å². The van der Waals surface area contributed by atoms with Crippen molar-refractivity contribution >= 4 is 33.3 Å². The van der Waals surface area contributed by atoms with Crippen molar-refractivity contribution in [2.75, 3.05) is 5.75 Å². The van der Waals surface area contributed by atoms with Crippen molar-refractivity contribution in [2.45, 2.75) is 44.8 Å². The first-order valence-corrected chi connectivity index (χ1v) is 8.74. The molecule has 0 amide bonds. The van der Waals surface area contributed by atoms with Crippen LogP contribution in [0, 0.1) is 0 Å². The smallest absolute Gasteiger partial charge is 0.263 e. The lowest BCUT2D eigenvalue weighted by atomic mass is 10.2. The van der Waals surface area contributed by atoms with Crippen LogP contribution in [-0.4, -0.2) is 15.3 Å². The molecular weight excluding hydrogens is 288 g/mol. The topological polar surface area (TPSA) is 34.9 Å². The van der Waals surface area contributed by atoms with Gasteiger partial charge in [0.1, 0.15) is 4.83 Å². The molecule has 106 valence electrons. The summed E-state index contributed by atoms with van der Waals surface area (Å²) in [5.41, 5.74) is 2.50. The lowest BCUT2D eigenvalue weighted by Crippen LogP contribution is -2.22. The molecule has 0 radical (unpaired) electrons. The number of aryl methyl sites for hydroxylation is 2. The summed E-state index contributed by atoms with van der Waals surface area (Å²) >= 11 is 3.32. The molecule has 0 bridgehead atoms. The Morgan fingerprint density at radius 3 is 3.00 bits per heavy atom. The molecule has 0 aromatic carbocycles. The van der Waals surface area contributed by atoms with Gasteiger partial charge in [-0.15, -0.1) is 11.3 Å². The predicted octanol–water partition coefficient (Wildman–Crippen LogP) is 3.63. The number of thiophene rings is 1. The maximum atomic E-state index is 12.7. The van der Waals surface area contributed by atoms with Crippen molar-refractivity contribution in [3.05, 3.63) is 32.9 Å². The first kappa shape index (κ1) is 13.9. The number of hydrogen-bond donors (Lipinski definition) is 0. The zero-order valence-electron chi connectivity index (χ0n) is 11.9. The molecule has 5 heteroatoms. The predicted molar refractivity (Wildman–Crippen MR) is 87.1 cm³/mol. The van der Waals surface area contributed by atoms with Crippen LogP contribution in [0.25, 0.3) is 10.2 Å². The fourth-order valence-electron chi connectivity index (χ4n) is 2.64. The highest BCUT2D eigenvalue weighted by atomic mass is 32.2. The maximum Gasteiger partial charge on any atom is 0.263 e. The van der Waals surface area contributed by atoms with Crippen LogP contribution >= 0.6 is 23.1 Å². The third kappa shape index (κ3) is 2.23. The molecule has 2 heterocycles. The highest BCUT2D eigenvalue weighted by Crippen LogP contribution is 2.35. The second kappa shape index (κ2) is 5.37. The molecule has 1 aliphatic carbocycles. The Bertz CT molecular complexity index is 742. The van der Waals surface area contributed by atoms with Crippen LogP contribution in [-0.2, 0) is 19.4 Å². The Morgan fingerprint density at radius 1 is 1.50 bits per heavy atom. The van der Waals surface area contributed by atoms with Crippen LogP contribution in [0.1, 0.15) is 30.7 Å². The average molecular weight is 306 g/mol. The van der Waals surface area contributed by atoms with Gasteiger partial charge in [0.15, 0.2) is 5.16 Å². The molecule has 3 nitrogen and oxygen atoms in total. The van der Waals surface area contributed by atoms with E-state index in [4.69, 9.17) is 4.98 Å². The Morgan fingerprint density at radius 2 is 2.30 bits per heavy atom. The fraction of sp³-hybridized carbons (Fsp3) is 0.467. The number of rotatable bonds is 4. The Hall–Kier alpha value is -1.07. The van der Waals surface area contributed by atoms with Crippen molar-refractivity contribution in [3.63, 3.8) is 0 Å². The molecule has 0 aliphatic heterocycles. The Balaban J connectivity index is 2.17. The summed E-state index contributed by atoms with van der Waals surface area (Å²) in [4.78, 5) is 19.8. The van der Waals surface area contributed by atoms with Gasteiger partial charge in [0.2, 0.25) is 0 Å². The van der Waals surface area contributed by atoms with Gasteiger partial charge in [-0.25, -0.2) is 4.98 Å². The summed E-state index contributed by atoms with van der Waals surface area (Å²) < 4.78 is 1.81. The highest BCUT2D eigenvalue weighted by molar-refractivity contribution is 7.99. The van der Waals surface area contributed by atoms with Gasteiger partial charge < -0.3 is 0 Å². The van der Waals surface area contributed by atoms with Crippen LogP contribution in [0.3, 0.4) is 0 Å². The van der Waals surface area contributed by atoms with Gasteiger partial charge in [-0.1, -0.05) is 23.9 Å². The van der Waals surface area contributed by atoms with E-state index in [1.807, 2.05) is 13.8 Å². The van der Waals surface area contributed by atoms with E-state index in [2.05, 4.69) is 6.58 Å². The van der Waals surface area contributed by atoms with Gasteiger partial charge in [-0.2, -0.15) is 0 Å². The second-order valence-corrected chi connectivity index (χ2v) is 7.25. The number of thioether (sulfide) groups is 1. The van der Waals surface area contributed by atoms with E-state index in [0.717, 1.165) is 39.5 Å². The SMILES string of the molecule is C=C(C)CSc1nc2sc3c(c2c(=O)n1CC)CCC3. The minimum absolute atomic E-state index is 0.140. The summed E-state index contributed by atoms with van der Waals surface area (Å²) in [6, 6.07) is 0. The fourth-order valence-corrected chi connectivity index (χ4v) is 4.84. The molecule has 20 heavy (non-hydrogen) atoms. The van der Waals surface area contributed by atoms with E-state index in [-0.39, 0.29) is 5.56 Å². The first-order chi connectivity index (χ1) is 9.61. The molecule has 1 aliphatic rings. The number of aromatic nitrogens is 2. The van der Waals surface area contributed by atoms with Crippen molar-refractivity contribution < 1.29 is 0 Å². The summed E-state index contributed by atoms with van der Waals surface area (Å²) in [6.45, 7) is 8.60. The van der Waals surface area contributed by atoms with Crippen LogP contribution in [0.15, 0.2) is 22.1 Å². The molecule has 0 unspecified atom stereocenters. The second-order valence-electron chi connectivity index (χ2n) is 5.23. The van der Waals surface area contributed by atoms with Crippen LogP contribution in [0.2, 0.25) is 0 Å². The lowest BCUT2D eigenvalue weighted by Gasteiger charge is -2.10. The van der Waals surface area contributed by atoms with Crippen molar-refractivity contribution in [3.8, 4) is 0 Å². The van der Waals surface area contributed by atoms with Crippen LogP contribution in [0.4, 0.5) is 0 Å². The molecule has 2 aromatic rings. The number of fused-ring (bicyclic) bond motifs is 3. The van der Waals surface area contributed by atoms with Crippen molar-refractivity contribution in [1.82, 2.24) is 9.55 Å². The molecule has 0 saturated heterocycles. The third-order valence-electron chi connectivity index (χ3n) is 3.55. The molecular formula is C15H18N2OS2. The normalized spacial score (nSPS) is 13.9. The van der Waals surface area contributed by atoms with E-state index in [9.17, 15) is 4.79 Å². The number of nitrogens with zero attached hydrogens (tertiary/aromatic N) is 2. The summed E-state index contributed by atoms with van der Waals surface area (Å²) in [5, 5.41) is 1.71. The zero-order valence-corrected chi connectivity index (χ0v) is 13.5. The van der Waals surface area contributed by atoms with E-state index < -0.39 is 0 Å². The molecule has 2 aromatic heterocycles. The molecule has 0 atom stereocenters. The Labute approximate surface area is 126 Å². The van der Waals surface area contributed by atoms with E-state index in [1.54, 1.807) is 27.7 Å². The van der Waals surface area contributed by atoms with Gasteiger partial charge >= 0.3 is 0 Å². The lowest BCUT2D eigenvalue weighted by molar-refractivity contribution is 0.635. The first-order valence-electron chi connectivity index (χ1n) is 6.94. The zero-order chi connectivity index (χ0) is 14.3. The Kier molecular flexibility index (Phi) is 3.73. The standard InChI is InChI=1S/C15H18N2OS2/c1-4-17-14(18)12-10-6-5-7-11(10)20-13(12)16-15(17)19-8-9(2)3/h2,4-8H2,1,3H3. The van der Waals surface area contributed by atoms with E-state index in [0.29, 0.717) is 6.54 Å². The van der Waals surface area contributed by atoms with Gasteiger partial charge in [-0.05, 0) is 38.7 Å². The summed E-state index contributed by atoms with van der Waals surface area (Å²) in [6.07, 6.45) is 3.32. The minimum Gasteiger partial charge on any atom is -0.287 e. The molecule has 0 N–H and O–H groups in total. The van der Waals surface area contributed by atoms with Gasteiger partial charge in [0.25, 0.3) is 5.56 Å². The molecule has 0 saturated carbocycles. The molecule has 0 fully saturated rings. The van der Waals surface area contributed by atoms with E-state index in [1.165, 1.54) is 16.9 Å². The highest BCUT2D eigenvalue weighted by Gasteiger charge is 2.22. The number of hydrogen-bond acceptors (Lipinski definition) is 4. The van der Waals surface area contributed by atoms with Crippen LogP contribution in [0.5, 0.6) is 0 Å². The minimum atomic E-state index is 0.140. The largest absolute Gasteiger partial charge is 0.287 e. The third-order valence-corrected chi connectivity index (χ3v) is 5.95. The monoisotopic (exact) mass is 306 g/mol. The summed E-state index contributed by atoms with van der Waals surface area (Å²) in [7, 11) is 0. The average Bonchev–Trinajstić information content (AvgIpc) is 2.96. The van der Waals surface area contributed by atoms with Crippen molar-refractivity contribution in [1.29, 1.82) is 0 Å². The summed E-state index contributed by atoms with van der Waals surface area (Å²) in [5.74, 6) is 0.809. The van der Waals surface area contributed by atoms with Gasteiger partial charge in [0.05, 0.1) is 5.39 Å². The molecule has 3 rings (SSSR count). The van der Waals surface area contributed by atoms with Crippen LogP contribution < -0.4 is 5.56 Å². The quantitative estimate of drug-likeness (QED) is 0.491. The van der Waals surface area contributed by atoms with E-state index >= 15 is 0 Å². The van der Waals surface area contributed by atoms with Crippen molar-refractivity contribution in [2.24, 2.45) is 0 Å². The van der Waals surface area contributed by atoms with Gasteiger partial charge in [-0.3, -0.25) is 9.36 Å². The maximum absolute atomic E-state index is 12.7. The molecule has 0 spiro atoms.